The molecule has 0 heterocycles. The summed E-state index contributed by atoms with van der Waals surface area (Å²) in [6.07, 6.45) is 1.19. The molecule has 0 unspecified atom stereocenters. The maximum absolute atomic E-state index is 7.36. The van der Waals surface area contributed by atoms with Gasteiger partial charge in [0.05, 0.1) is 0 Å². The van der Waals surface area contributed by atoms with Crippen molar-refractivity contribution < 1.29 is 0 Å². The number of hydrogen-bond donors (Lipinski definition) is 0. The normalized spacial score (nSPS) is 11.8. The van der Waals surface area contributed by atoms with Crippen molar-refractivity contribution in [2.75, 3.05) is 19.6 Å². The van der Waals surface area contributed by atoms with Gasteiger partial charge in [0.1, 0.15) is 0 Å². The molecule has 0 spiro atoms. The van der Waals surface area contributed by atoms with Gasteiger partial charge in [-0.3, -0.25) is 0 Å². The summed E-state index contributed by atoms with van der Waals surface area (Å²) in [4.78, 5) is 2.49. The first-order valence-corrected chi connectivity index (χ1v) is 19.6. The van der Waals surface area contributed by atoms with E-state index in [1.165, 1.54) is 16.6 Å². The van der Waals surface area contributed by atoms with Crippen LogP contribution in [0.1, 0.15) is 20.3 Å². The number of benzene rings is 2. The van der Waals surface area contributed by atoms with E-state index in [-0.39, 0.29) is 0 Å². The van der Waals surface area contributed by atoms with Gasteiger partial charge in [-0.2, -0.15) is 0 Å². The summed E-state index contributed by atoms with van der Waals surface area (Å²) in [6.45, 7) is 7.87. The van der Waals surface area contributed by atoms with Crippen LogP contribution in [0.5, 0.6) is 0 Å². The number of hydrogen-bond acceptors (Lipinski definition) is 1. The SMILES string of the molecule is CCN(CC)CC[CH2][Pb]([Cl])([c]1ccccc1)[c]1ccccc1. The Labute approximate surface area is 143 Å². The molecule has 0 amide bonds. The second-order valence-corrected chi connectivity index (χ2v) is 24.0. The van der Waals surface area contributed by atoms with Gasteiger partial charge < -0.3 is 0 Å². The fourth-order valence-corrected chi connectivity index (χ4v) is 18.0. The van der Waals surface area contributed by atoms with Gasteiger partial charge in [-0.15, -0.1) is 0 Å². The van der Waals surface area contributed by atoms with Crippen LogP contribution in [-0.2, 0) is 0 Å². The quantitative estimate of drug-likeness (QED) is 0.489. The third kappa shape index (κ3) is 4.56. The fraction of sp³-hybridized carbons (Fsp3) is 0.368. The standard InChI is InChI=1S/C7H16N.2C6H5.ClH.Pb/c1-4-7-8(5-2)6-3;2*1-2-4-6-5-3-1;;/h1,4-7H2,2-3H3;2*1-5H;1H;/q;;;;+1/p-1. The van der Waals surface area contributed by atoms with Crippen LogP contribution in [0.3, 0.4) is 0 Å². The van der Waals surface area contributed by atoms with Crippen LogP contribution >= 0.6 is 8.32 Å². The molecule has 0 N–H and O–H groups in total. The number of nitrogens with zero attached hydrogens (tertiary/aromatic N) is 1. The van der Waals surface area contributed by atoms with Gasteiger partial charge in [-0.1, -0.05) is 0 Å². The van der Waals surface area contributed by atoms with Crippen LogP contribution in [0.15, 0.2) is 60.7 Å². The number of rotatable bonds is 8. The molecule has 3 heteroatoms. The molecule has 0 atom stereocenters. The van der Waals surface area contributed by atoms with Crippen molar-refractivity contribution in [1.29, 1.82) is 0 Å². The summed E-state index contributed by atoms with van der Waals surface area (Å²) in [7, 11) is 7.36. The molecule has 0 fully saturated rings. The molecule has 2 aromatic carbocycles. The van der Waals surface area contributed by atoms with Crippen molar-refractivity contribution in [3.8, 4) is 0 Å². The Hall–Kier alpha value is -0.388. The minimum absolute atomic E-state index is 1.12. The van der Waals surface area contributed by atoms with E-state index in [1.807, 2.05) is 0 Å². The summed E-state index contributed by atoms with van der Waals surface area (Å²) in [5.41, 5.74) is 0. The predicted molar refractivity (Wildman–Crippen MR) is 101 cm³/mol. The first kappa shape index (κ1) is 18.0. The zero-order valence-corrected chi connectivity index (χ0v) is 18.3. The Balaban J connectivity index is 2.20. The van der Waals surface area contributed by atoms with Gasteiger partial charge >= 0.3 is 144 Å². The number of halogens is 1. The van der Waals surface area contributed by atoms with E-state index in [9.17, 15) is 0 Å². The van der Waals surface area contributed by atoms with Gasteiger partial charge in [-0.05, 0) is 0 Å². The molecule has 0 saturated heterocycles. The molecule has 0 aliphatic carbocycles. The van der Waals surface area contributed by atoms with E-state index >= 15 is 0 Å². The monoisotopic (exact) mass is 511 g/mol. The first-order valence-electron chi connectivity index (χ1n) is 8.23. The molecule has 0 radical (unpaired) electrons. The molecule has 0 aliphatic rings. The molecule has 0 saturated carbocycles. The topological polar surface area (TPSA) is 3.24 Å². The van der Waals surface area contributed by atoms with Gasteiger partial charge in [0.25, 0.3) is 0 Å². The Bertz CT molecular complexity index is 500. The molecule has 1 nitrogen and oxygen atoms in total. The summed E-state index contributed by atoms with van der Waals surface area (Å²) >= 11 is -3.18. The van der Waals surface area contributed by atoms with E-state index in [1.54, 1.807) is 0 Å². The average Bonchev–Trinajstić information content (AvgIpc) is 2.60. The van der Waals surface area contributed by atoms with Crippen molar-refractivity contribution in [2.24, 2.45) is 0 Å². The third-order valence-corrected chi connectivity index (χ3v) is 23.6. The van der Waals surface area contributed by atoms with Crippen molar-refractivity contribution in [3.63, 3.8) is 0 Å². The van der Waals surface area contributed by atoms with Crippen molar-refractivity contribution in [3.05, 3.63) is 60.7 Å². The van der Waals surface area contributed by atoms with Gasteiger partial charge in [0.15, 0.2) is 0 Å². The summed E-state index contributed by atoms with van der Waals surface area (Å²) < 4.78 is 3.98. The molecular weight excluding hydrogens is 485 g/mol. The Morgan fingerprint density at radius 1 is 0.818 bits per heavy atom. The predicted octanol–water partition coefficient (Wildman–Crippen LogP) is 3.72. The molecule has 118 valence electrons. The Morgan fingerprint density at radius 3 is 1.68 bits per heavy atom. The van der Waals surface area contributed by atoms with Crippen molar-refractivity contribution in [1.82, 2.24) is 4.90 Å². The Morgan fingerprint density at radius 2 is 1.27 bits per heavy atom. The van der Waals surface area contributed by atoms with Gasteiger partial charge in [0, 0.05) is 0 Å². The summed E-state index contributed by atoms with van der Waals surface area (Å²) in [5, 5.41) is 0. The fourth-order valence-electron chi connectivity index (χ4n) is 2.95. The summed E-state index contributed by atoms with van der Waals surface area (Å²) in [6, 6.07) is 21.6. The van der Waals surface area contributed by atoms with Crippen molar-refractivity contribution in [2.45, 2.75) is 24.2 Å². The molecule has 0 aliphatic heterocycles. The van der Waals surface area contributed by atoms with Crippen LogP contribution in [0.2, 0.25) is 3.98 Å². The maximum atomic E-state index is 7.36. The molecule has 2 rings (SSSR count). The van der Waals surface area contributed by atoms with Crippen LogP contribution in [0.25, 0.3) is 0 Å². The first-order chi connectivity index (χ1) is 10.7. The van der Waals surface area contributed by atoms with Crippen LogP contribution in [0, 0.1) is 0 Å². The Kier molecular flexibility index (Phi) is 7.38. The zero-order chi connectivity index (χ0) is 15.8. The minimum atomic E-state index is -3.18. The van der Waals surface area contributed by atoms with Crippen LogP contribution < -0.4 is 6.25 Å². The molecule has 0 aromatic heterocycles. The second-order valence-electron chi connectivity index (χ2n) is 5.66. The van der Waals surface area contributed by atoms with Crippen LogP contribution in [-0.4, -0.2) is 44.5 Å². The van der Waals surface area contributed by atoms with Gasteiger partial charge in [0.2, 0.25) is 0 Å². The van der Waals surface area contributed by atoms with E-state index in [4.69, 9.17) is 8.32 Å². The van der Waals surface area contributed by atoms with E-state index in [0.29, 0.717) is 0 Å². The van der Waals surface area contributed by atoms with Crippen molar-refractivity contribution >= 4 is 34.5 Å². The molecular formula is C19H26ClNPb. The molecule has 22 heavy (non-hydrogen) atoms. The average molecular weight is 511 g/mol. The van der Waals surface area contributed by atoms with E-state index in [0.717, 1.165) is 19.6 Å². The van der Waals surface area contributed by atoms with E-state index < -0.39 is 19.9 Å². The second kappa shape index (κ2) is 9.04. The molecule has 2 aromatic rings. The zero-order valence-electron chi connectivity index (χ0n) is 13.6. The van der Waals surface area contributed by atoms with Gasteiger partial charge in [-0.25, -0.2) is 0 Å². The van der Waals surface area contributed by atoms with E-state index in [2.05, 4.69) is 79.4 Å². The third-order valence-electron chi connectivity index (χ3n) is 4.35. The summed E-state index contributed by atoms with van der Waals surface area (Å²) in [5.74, 6) is 0. The van der Waals surface area contributed by atoms with Crippen LogP contribution in [0.4, 0.5) is 0 Å². The molecule has 0 bridgehead atoms.